The van der Waals surface area contributed by atoms with Crippen LogP contribution in [-0.4, -0.2) is 27.3 Å². The van der Waals surface area contributed by atoms with Gasteiger partial charge in [-0.3, -0.25) is 13.4 Å². The van der Waals surface area contributed by atoms with Crippen molar-refractivity contribution in [2.24, 2.45) is 7.05 Å². The van der Waals surface area contributed by atoms with Gasteiger partial charge in [0.25, 0.3) is 0 Å². The number of benzene rings is 2. The Bertz CT molecular complexity index is 1070. The van der Waals surface area contributed by atoms with E-state index in [4.69, 9.17) is 0 Å². The largest absolute Gasteiger partial charge is 0.275 e. The molecular formula is C21H20N4S2. The summed E-state index contributed by atoms with van der Waals surface area (Å²) in [6.45, 7) is 0. The summed E-state index contributed by atoms with van der Waals surface area (Å²) in [7, 11) is 1.93. The molecule has 0 aliphatic carbocycles. The van der Waals surface area contributed by atoms with Crippen molar-refractivity contribution in [2.45, 2.75) is 0 Å². The Morgan fingerprint density at radius 1 is 0.852 bits per heavy atom. The number of fused-ring (bicyclic) bond motifs is 1. The molecule has 4 rings (SSSR count). The second-order valence-electron chi connectivity index (χ2n) is 6.19. The van der Waals surface area contributed by atoms with Crippen LogP contribution in [0.4, 0.5) is 5.69 Å². The summed E-state index contributed by atoms with van der Waals surface area (Å²) in [4.78, 5) is 4.45. The van der Waals surface area contributed by atoms with Crippen LogP contribution in [0.3, 0.4) is 0 Å². The van der Waals surface area contributed by atoms with Crippen molar-refractivity contribution in [3.63, 3.8) is 0 Å². The smallest absolute Gasteiger partial charge is 0.0600 e. The minimum absolute atomic E-state index is 1.12. The molecule has 0 saturated carbocycles. The highest BCUT2D eigenvalue weighted by Gasteiger charge is 2.10. The Kier molecular flexibility index (Phi) is 5.09. The SMILES string of the molecule is CSN(SC)c1ccc2cncc(-c3ccc(-c4cnn(C)c4)cc3)c2c1. The zero-order valence-corrected chi connectivity index (χ0v) is 17.1. The summed E-state index contributed by atoms with van der Waals surface area (Å²) < 4.78 is 4.03. The lowest BCUT2D eigenvalue weighted by molar-refractivity contribution is 0.768. The molecule has 2 aromatic carbocycles. The van der Waals surface area contributed by atoms with Gasteiger partial charge >= 0.3 is 0 Å². The Balaban J connectivity index is 1.77. The number of hydrogen-bond donors (Lipinski definition) is 0. The molecule has 136 valence electrons. The average Bonchev–Trinajstić information content (AvgIpc) is 3.15. The molecule has 0 bridgehead atoms. The van der Waals surface area contributed by atoms with Crippen LogP contribution in [-0.2, 0) is 7.05 Å². The molecule has 4 aromatic rings. The number of aromatic nitrogens is 3. The highest BCUT2D eigenvalue weighted by molar-refractivity contribution is 8.17. The van der Waals surface area contributed by atoms with Crippen LogP contribution in [0.25, 0.3) is 33.0 Å². The number of anilines is 1. The second kappa shape index (κ2) is 7.66. The third-order valence-electron chi connectivity index (χ3n) is 4.52. The number of hydrogen-bond acceptors (Lipinski definition) is 5. The number of rotatable bonds is 5. The third-order valence-corrected chi connectivity index (χ3v) is 6.50. The van der Waals surface area contributed by atoms with E-state index in [1.807, 2.05) is 36.5 Å². The zero-order valence-electron chi connectivity index (χ0n) is 15.5. The molecule has 4 nitrogen and oxygen atoms in total. The molecule has 6 heteroatoms. The predicted octanol–water partition coefficient (Wildman–Crippen LogP) is 5.66. The summed E-state index contributed by atoms with van der Waals surface area (Å²) in [5, 5.41) is 6.62. The lowest BCUT2D eigenvalue weighted by Gasteiger charge is -2.18. The molecule has 2 heterocycles. The maximum Gasteiger partial charge on any atom is 0.0600 e. The van der Waals surface area contributed by atoms with Gasteiger partial charge in [0.05, 0.1) is 11.9 Å². The van der Waals surface area contributed by atoms with Crippen molar-refractivity contribution in [3.05, 3.63) is 67.3 Å². The van der Waals surface area contributed by atoms with E-state index in [0.29, 0.717) is 0 Å². The average molecular weight is 393 g/mol. The lowest BCUT2D eigenvalue weighted by atomic mass is 9.98. The molecule has 0 fully saturated rings. The summed E-state index contributed by atoms with van der Waals surface area (Å²) >= 11 is 3.42. The van der Waals surface area contributed by atoms with Crippen LogP contribution in [0.2, 0.25) is 0 Å². The first-order chi connectivity index (χ1) is 13.2. The van der Waals surface area contributed by atoms with Gasteiger partial charge in [0.1, 0.15) is 0 Å². The quantitative estimate of drug-likeness (QED) is 0.409. The fourth-order valence-corrected chi connectivity index (χ4v) is 4.44. The van der Waals surface area contributed by atoms with E-state index in [1.165, 1.54) is 11.1 Å². The summed E-state index contributed by atoms with van der Waals surface area (Å²) in [6, 6.07) is 15.1. The van der Waals surface area contributed by atoms with Gasteiger partial charge in [0.2, 0.25) is 0 Å². The zero-order chi connectivity index (χ0) is 18.8. The minimum Gasteiger partial charge on any atom is -0.275 e. The first-order valence-corrected chi connectivity index (χ1v) is 10.9. The second-order valence-corrected chi connectivity index (χ2v) is 7.89. The number of aryl methyl sites for hydroxylation is 1. The summed E-state index contributed by atoms with van der Waals surface area (Å²) in [5.74, 6) is 0. The van der Waals surface area contributed by atoms with Gasteiger partial charge in [0.15, 0.2) is 0 Å². The Hall–Kier alpha value is -2.44. The van der Waals surface area contributed by atoms with Gasteiger partial charge in [-0.2, -0.15) is 5.10 Å². The molecule has 0 aliphatic rings. The van der Waals surface area contributed by atoms with E-state index >= 15 is 0 Å². The molecular weight excluding hydrogens is 372 g/mol. The van der Waals surface area contributed by atoms with Gasteiger partial charge in [0, 0.05) is 54.7 Å². The van der Waals surface area contributed by atoms with Crippen molar-refractivity contribution in [3.8, 4) is 22.3 Å². The maximum atomic E-state index is 4.45. The molecule has 0 saturated heterocycles. The van der Waals surface area contributed by atoms with E-state index in [9.17, 15) is 0 Å². The molecule has 0 spiro atoms. The Labute approximate surface area is 167 Å². The van der Waals surface area contributed by atoms with Gasteiger partial charge in [-0.25, -0.2) is 0 Å². The highest BCUT2D eigenvalue weighted by atomic mass is 32.2. The van der Waals surface area contributed by atoms with Gasteiger partial charge < -0.3 is 0 Å². The fourth-order valence-electron chi connectivity index (χ4n) is 3.19. The summed E-state index contributed by atoms with van der Waals surface area (Å²) in [5.41, 5.74) is 5.78. The lowest BCUT2D eigenvalue weighted by Crippen LogP contribution is -2.01. The molecule has 27 heavy (non-hydrogen) atoms. The van der Waals surface area contributed by atoms with Gasteiger partial charge in [-0.1, -0.05) is 30.3 Å². The first-order valence-electron chi connectivity index (χ1n) is 8.55. The van der Waals surface area contributed by atoms with Crippen molar-refractivity contribution in [2.75, 3.05) is 16.2 Å². The molecule has 0 amide bonds. The van der Waals surface area contributed by atoms with E-state index < -0.39 is 0 Å². The van der Waals surface area contributed by atoms with Crippen LogP contribution < -0.4 is 3.71 Å². The molecule has 2 aromatic heterocycles. The Morgan fingerprint density at radius 2 is 1.59 bits per heavy atom. The highest BCUT2D eigenvalue weighted by Crippen LogP contribution is 2.35. The van der Waals surface area contributed by atoms with Crippen LogP contribution >= 0.6 is 23.9 Å². The van der Waals surface area contributed by atoms with Crippen LogP contribution in [0.1, 0.15) is 0 Å². The third kappa shape index (κ3) is 3.55. The molecule has 0 N–H and O–H groups in total. The summed E-state index contributed by atoms with van der Waals surface area (Å²) in [6.07, 6.45) is 12.0. The topological polar surface area (TPSA) is 34.0 Å². The monoisotopic (exact) mass is 392 g/mol. The fraction of sp³-hybridized carbons (Fsp3) is 0.143. The van der Waals surface area contributed by atoms with Crippen molar-refractivity contribution < 1.29 is 0 Å². The standard InChI is InChI=1S/C21H20N4S2/c1-24-14-18(12-23-24)15-4-6-16(7-5-15)21-13-22-11-17-8-9-19(10-20(17)21)25(26-2)27-3/h4-14H,1-3H3. The molecule has 0 radical (unpaired) electrons. The number of nitrogens with zero attached hydrogens (tertiary/aromatic N) is 4. The Morgan fingerprint density at radius 3 is 2.26 bits per heavy atom. The minimum atomic E-state index is 1.12. The van der Waals surface area contributed by atoms with Gasteiger partial charge in [-0.05, 0) is 52.5 Å². The number of pyridine rings is 1. The van der Waals surface area contributed by atoms with E-state index in [1.54, 1.807) is 23.9 Å². The van der Waals surface area contributed by atoms with Crippen LogP contribution in [0, 0.1) is 0 Å². The first kappa shape index (κ1) is 17.9. The molecule has 0 atom stereocenters. The van der Waals surface area contributed by atoms with Gasteiger partial charge in [-0.15, -0.1) is 0 Å². The van der Waals surface area contributed by atoms with Crippen molar-refractivity contribution in [1.82, 2.24) is 14.8 Å². The van der Waals surface area contributed by atoms with E-state index in [-0.39, 0.29) is 0 Å². The van der Waals surface area contributed by atoms with E-state index in [0.717, 1.165) is 27.6 Å². The van der Waals surface area contributed by atoms with Crippen LogP contribution in [0.5, 0.6) is 0 Å². The van der Waals surface area contributed by atoms with Crippen LogP contribution in [0.15, 0.2) is 67.3 Å². The van der Waals surface area contributed by atoms with Crippen molar-refractivity contribution >= 4 is 40.4 Å². The molecule has 0 unspecified atom stereocenters. The normalized spacial score (nSPS) is 11.1. The van der Waals surface area contributed by atoms with Crippen molar-refractivity contribution in [1.29, 1.82) is 0 Å². The molecule has 0 aliphatic heterocycles. The van der Waals surface area contributed by atoms with E-state index in [2.05, 4.69) is 68.8 Å². The predicted molar refractivity (Wildman–Crippen MR) is 119 cm³/mol. The maximum absolute atomic E-state index is 4.45.